The zero-order valence-electron chi connectivity index (χ0n) is 15.2. The van der Waals surface area contributed by atoms with Crippen LogP contribution in [0.4, 0.5) is 5.69 Å². The second-order valence-electron chi connectivity index (χ2n) is 6.05. The van der Waals surface area contributed by atoms with Gasteiger partial charge in [0.2, 0.25) is 0 Å². The number of likely N-dealkylation sites (N-methyl/N-ethyl adjacent to an activating group) is 1. The van der Waals surface area contributed by atoms with Crippen LogP contribution in [-0.2, 0) is 9.59 Å². The Labute approximate surface area is 153 Å². The van der Waals surface area contributed by atoms with Gasteiger partial charge in [0.15, 0.2) is 0 Å². The summed E-state index contributed by atoms with van der Waals surface area (Å²) in [6.45, 7) is 6.63. The first-order chi connectivity index (χ1) is 12.5. The number of carbonyl (C=O) groups is 2. The SMILES string of the molecule is CCOc1ccc(NC2=C(c3ccc(C)cc3)C(=O)N(CC)C2=O)cc1. The van der Waals surface area contributed by atoms with E-state index in [4.69, 9.17) is 4.74 Å². The van der Waals surface area contributed by atoms with E-state index in [1.165, 1.54) is 4.90 Å². The van der Waals surface area contributed by atoms with Crippen molar-refractivity contribution in [3.05, 3.63) is 65.4 Å². The van der Waals surface area contributed by atoms with Crippen molar-refractivity contribution in [2.45, 2.75) is 20.8 Å². The molecule has 1 aliphatic heterocycles. The van der Waals surface area contributed by atoms with E-state index < -0.39 is 0 Å². The smallest absolute Gasteiger partial charge is 0.278 e. The highest BCUT2D eigenvalue weighted by atomic mass is 16.5. The van der Waals surface area contributed by atoms with Crippen LogP contribution in [0.3, 0.4) is 0 Å². The lowest BCUT2D eigenvalue weighted by Gasteiger charge is -2.12. The van der Waals surface area contributed by atoms with Gasteiger partial charge in [-0.15, -0.1) is 0 Å². The Bertz CT molecular complexity index is 852. The van der Waals surface area contributed by atoms with Gasteiger partial charge in [0.1, 0.15) is 11.4 Å². The first kappa shape index (κ1) is 17.7. The van der Waals surface area contributed by atoms with E-state index in [-0.39, 0.29) is 11.8 Å². The van der Waals surface area contributed by atoms with E-state index >= 15 is 0 Å². The van der Waals surface area contributed by atoms with Gasteiger partial charge in [-0.25, -0.2) is 0 Å². The summed E-state index contributed by atoms with van der Waals surface area (Å²) in [5.74, 6) is 0.187. The molecule has 1 N–H and O–H groups in total. The van der Waals surface area contributed by atoms with Crippen molar-refractivity contribution in [3.8, 4) is 5.75 Å². The van der Waals surface area contributed by atoms with Crippen molar-refractivity contribution < 1.29 is 14.3 Å². The van der Waals surface area contributed by atoms with Crippen molar-refractivity contribution in [2.24, 2.45) is 0 Å². The highest BCUT2D eigenvalue weighted by molar-refractivity contribution is 6.36. The maximum absolute atomic E-state index is 12.8. The molecule has 0 saturated heterocycles. The molecular formula is C21H22N2O3. The van der Waals surface area contributed by atoms with Gasteiger partial charge in [0.05, 0.1) is 12.2 Å². The molecule has 1 aliphatic rings. The predicted molar refractivity (Wildman–Crippen MR) is 102 cm³/mol. The summed E-state index contributed by atoms with van der Waals surface area (Å²) < 4.78 is 5.44. The minimum absolute atomic E-state index is 0.269. The zero-order chi connectivity index (χ0) is 18.7. The number of benzene rings is 2. The number of ether oxygens (including phenoxy) is 1. The predicted octanol–water partition coefficient (Wildman–Crippen LogP) is 3.61. The summed E-state index contributed by atoms with van der Waals surface area (Å²) in [4.78, 5) is 26.7. The van der Waals surface area contributed by atoms with Gasteiger partial charge in [0.25, 0.3) is 11.8 Å². The number of rotatable bonds is 6. The summed E-state index contributed by atoms with van der Waals surface area (Å²) in [7, 11) is 0. The number of amides is 2. The topological polar surface area (TPSA) is 58.6 Å². The molecule has 134 valence electrons. The third-order valence-corrected chi connectivity index (χ3v) is 4.26. The molecule has 5 heteroatoms. The molecule has 0 atom stereocenters. The number of anilines is 1. The molecule has 0 bridgehead atoms. The highest BCUT2D eigenvalue weighted by Crippen LogP contribution is 2.30. The fraction of sp³-hybridized carbons (Fsp3) is 0.238. The lowest BCUT2D eigenvalue weighted by atomic mass is 10.0. The average molecular weight is 350 g/mol. The van der Waals surface area contributed by atoms with Crippen LogP contribution in [0.5, 0.6) is 5.75 Å². The number of carbonyl (C=O) groups excluding carboxylic acids is 2. The van der Waals surface area contributed by atoms with Crippen LogP contribution in [0.25, 0.3) is 5.57 Å². The van der Waals surface area contributed by atoms with Crippen LogP contribution in [0.2, 0.25) is 0 Å². The molecule has 2 aromatic rings. The zero-order valence-corrected chi connectivity index (χ0v) is 15.2. The van der Waals surface area contributed by atoms with Gasteiger partial charge in [-0.05, 0) is 50.6 Å². The Morgan fingerprint density at radius 3 is 2.15 bits per heavy atom. The molecule has 0 aliphatic carbocycles. The van der Waals surface area contributed by atoms with Crippen LogP contribution < -0.4 is 10.1 Å². The van der Waals surface area contributed by atoms with E-state index in [9.17, 15) is 9.59 Å². The number of hydrogen-bond donors (Lipinski definition) is 1. The van der Waals surface area contributed by atoms with Gasteiger partial charge in [-0.2, -0.15) is 0 Å². The Kier molecular flexibility index (Phi) is 5.07. The van der Waals surface area contributed by atoms with Crippen molar-refractivity contribution in [1.29, 1.82) is 0 Å². The molecule has 0 aromatic heterocycles. The van der Waals surface area contributed by atoms with Crippen molar-refractivity contribution in [2.75, 3.05) is 18.5 Å². The van der Waals surface area contributed by atoms with E-state index in [0.29, 0.717) is 24.4 Å². The Balaban J connectivity index is 1.99. The lowest BCUT2D eigenvalue weighted by molar-refractivity contribution is -0.136. The lowest BCUT2D eigenvalue weighted by Crippen LogP contribution is -2.32. The second kappa shape index (κ2) is 7.44. The van der Waals surface area contributed by atoms with Crippen LogP contribution in [0, 0.1) is 6.92 Å². The van der Waals surface area contributed by atoms with E-state index in [1.807, 2.05) is 62.4 Å². The first-order valence-corrected chi connectivity index (χ1v) is 8.72. The van der Waals surface area contributed by atoms with Crippen LogP contribution in [0.15, 0.2) is 54.2 Å². The summed E-state index contributed by atoms with van der Waals surface area (Å²) in [6.07, 6.45) is 0. The fourth-order valence-corrected chi connectivity index (χ4v) is 2.91. The maximum atomic E-state index is 12.8. The van der Waals surface area contributed by atoms with E-state index in [1.54, 1.807) is 6.92 Å². The number of hydrogen-bond acceptors (Lipinski definition) is 4. The molecule has 0 unspecified atom stereocenters. The Hall–Kier alpha value is -3.08. The molecule has 1 heterocycles. The minimum Gasteiger partial charge on any atom is -0.494 e. The number of nitrogens with zero attached hydrogens (tertiary/aromatic N) is 1. The third kappa shape index (κ3) is 3.33. The van der Waals surface area contributed by atoms with Crippen LogP contribution in [-0.4, -0.2) is 29.9 Å². The average Bonchev–Trinajstić information content (AvgIpc) is 2.87. The number of aryl methyl sites for hydroxylation is 1. The normalized spacial score (nSPS) is 14.2. The first-order valence-electron chi connectivity index (χ1n) is 8.72. The number of nitrogens with one attached hydrogen (secondary N) is 1. The van der Waals surface area contributed by atoms with Gasteiger partial charge in [0, 0.05) is 12.2 Å². The molecular weight excluding hydrogens is 328 g/mol. The fourth-order valence-electron chi connectivity index (χ4n) is 2.91. The molecule has 0 saturated carbocycles. The minimum atomic E-state index is -0.304. The standard InChI is InChI=1S/C21H22N2O3/c1-4-23-20(24)18(15-8-6-14(3)7-9-15)19(21(23)25)22-16-10-12-17(13-11-16)26-5-2/h6-13,22H,4-5H2,1-3H3. The van der Waals surface area contributed by atoms with Crippen LogP contribution >= 0.6 is 0 Å². The molecule has 0 radical (unpaired) electrons. The molecule has 2 amide bonds. The second-order valence-corrected chi connectivity index (χ2v) is 6.05. The van der Waals surface area contributed by atoms with Gasteiger partial charge >= 0.3 is 0 Å². The molecule has 2 aromatic carbocycles. The molecule has 0 spiro atoms. The Morgan fingerprint density at radius 1 is 0.923 bits per heavy atom. The monoisotopic (exact) mass is 350 g/mol. The summed E-state index contributed by atoms with van der Waals surface area (Å²) in [6, 6.07) is 14.9. The van der Waals surface area contributed by atoms with Crippen molar-refractivity contribution >= 4 is 23.1 Å². The highest BCUT2D eigenvalue weighted by Gasteiger charge is 2.38. The van der Waals surface area contributed by atoms with Gasteiger partial charge < -0.3 is 10.1 Å². The quantitative estimate of drug-likeness (QED) is 0.809. The molecule has 5 nitrogen and oxygen atoms in total. The third-order valence-electron chi connectivity index (χ3n) is 4.26. The van der Waals surface area contributed by atoms with Crippen LogP contribution in [0.1, 0.15) is 25.0 Å². The summed E-state index contributed by atoms with van der Waals surface area (Å²) in [5, 5.41) is 3.13. The van der Waals surface area contributed by atoms with Crippen molar-refractivity contribution in [3.63, 3.8) is 0 Å². The number of imide groups is 1. The van der Waals surface area contributed by atoms with Crippen molar-refractivity contribution in [1.82, 2.24) is 4.90 Å². The molecule has 0 fully saturated rings. The molecule has 3 rings (SSSR count). The van der Waals surface area contributed by atoms with E-state index in [0.717, 1.165) is 22.6 Å². The largest absolute Gasteiger partial charge is 0.494 e. The Morgan fingerprint density at radius 2 is 1.58 bits per heavy atom. The summed E-state index contributed by atoms with van der Waals surface area (Å²) in [5.41, 5.74) is 3.28. The maximum Gasteiger partial charge on any atom is 0.278 e. The van der Waals surface area contributed by atoms with Gasteiger partial charge in [-0.3, -0.25) is 14.5 Å². The summed E-state index contributed by atoms with van der Waals surface area (Å²) >= 11 is 0. The van der Waals surface area contributed by atoms with E-state index in [2.05, 4.69) is 5.32 Å². The van der Waals surface area contributed by atoms with Gasteiger partial charge in [-0.1, -0.05) is 29.8 Å². The molecule has 26 heavy (non-hydrogen) atoms.